The quantitative estimate of drug-likeness (QED) is 0.465. The van der Waals surface area contributed by atoms with Crippen molar-refractivity contribution in [3.8, 4) is 0 Å². The minimum atomic E-state index is -0.560. The summed E-state index contributed by atoms with van der Waals surface area (Å²) >= 11 is 0. The summed E-state index contributed by atoms with van der Waals surface area (Å²) in [7, 11) is 1.26. The Bertz CT molecular complexity index is 153. The maximum atomic E-state index is 10.2. The molecule has 1 atom stereocenters. The zero-order valence-electron chi connectivity index (χ0n) is 8.11. The number of rotatable bonds is 3. The number of Topliss-reactive ketones (excluding diaryl/α,β-unsaturated/α-hetero) is 1. The lowest BCUT2D eigenvalue weighted by Gasteiger charge is -1.90. The smallest absolute Gasteiger partial charge is 0.313 e. The van der Waals surface area contributed by atoms with E-state index in [9.17, 15) is 9.59 Å². The fourth-order valence-corrected chi connectivity index (χ4v) is 0.275. The average Bonchev–Trinajstić information content (AvgIpc) is 2.04. The lowest BCUT2D eigenvalue weighted by molar-refractivity contribution is -0.142. The van der Waals surface area contributed by atoms with Gasteiger partial charge in [0.15, 0.2) is 0 Å². The minimum absolute atomic E-state index is 0.115. The van der Waals surface area contributed by atoms with E-state index in [-0.39, 0.29) is 18.8 Å². The normalized spacial score (nSPS) is 10.8. The van der Waals surface area contributed by atoms with Crippen molar-refractivity contribution in [2.75, 3.05) is 13.7 Å². The van der Waals surface area contributed by atoms with E-state index in [1.165, 1.54) is 21.0 Å². The molecule has 0 saturated carbocycles. The first-order chi connectivity index (χ1) is 5.93. The lowest BCUT2D eigenvalue weighted by atomic mass is 10.3. The Morgan fingerprint density at radius 3 is 1.92 bits per heavy atom. The summed E-state index contributed by atoms with van der Waals surface area (Å²) in [5.41, 5.74) is 0. The summed E-state index contributed by atoms with van der Waals surface area (Å²) in [6.45, 7) is 2.73. The predicted molar refractivity (Wildman–Crippen MR) is 46.1 cm³/mol. The lowest BCUT2D eigenvalue weighted by Crippen LogP contribution is -2.05. The van der Waals surface area contributed by atoms with Gasteiger partial charge in [-0.15, -0.1) is 0 Å². The van der Waals surface area contributed by atoms with Crippen LogP contribution in [0.5, 0.6) is 0 Å². The van der Waals surface area contributed by atoms with Gasteiger partial charge in [-0.3, -0.25) is 9.59 Å². The number of esters is 1. The Hall–Kier alpha value is -0.940. The second-order valence-corrected chi connectivity index (χ2v) is 2.49. The first kappa shape index (κ1) is 14.6. The standard InChI is InChI=1S/C5H8O3.C3H8O2/c1-4(6)3-5(7)8-2;1-3(5)2-4/h3H2,1-2H3;3-5H,2H2,1H3. The van der Waals surface area contributed by atoms with Crippen LogP contribution in [0.1, 0.15) is 20.3 Å². The highest BCUT2D eigenvalue weighted by Crippen LogP contribution is 1.83. The third kappa shape index (κ3) is 18.2. The second kappa shape index (κ2) is 9.15. The predicted octanol–water partition coefficient (Wildman–Crippen LogP) is -0.502. The van der Waals surface area contributed by atoms with E-state index < -0.39 is 12.1 Å². The zero-order valence-corrected chi connectivity index (χ0v) is 8.11. The Morgan fingerprint density at radius 2 is 1.85 bits per heavy atom. The molecule has 0 heterocycles. The number of ketones is 1. The van der Waals surface area contributed by atoms with Gasteiger partial charge in [-0.05, 0) is 13.8 Å². The number of methoxy groups -OCH3 is 1. The number of carbonyl (C=O) groups excluding carboxylic acids is 2. The number of ether oxygens (including phenoxy) is 1. The first-order valence-electron chi connectivity index (χ1n) is 3.79. The van der Waals surface area contributed by atoms with Crippen molar-refractivity contribution < 1.29 is 24.5 Å². The van der Waals surface area contributed by atoms with Crippen molar-refractivity contribution in [1.82, 2.24) is 0 Å². The molecule has 5 heteroatoms. The van der Waals surface area contributed by atoms with Gasteiger partial charge in [0.05, 0.1) is 19.8 Å². The molecule has 78 valence electrons. The molecular weight excluding hydrogens is 176 g/mol. The van der Waals surface area contributed by atoms with E-state index in [4.69, 9.17) is 10.2 Å². The van der Waals surface area contributed by atoms with Crippen molar-refractivity contribution in [3.05, 3.63) is 0 Å². The van der Waals surface area contributed by atoms with E-state index in [2.05, 4.69) is 4.74 Å². The van der Waals surface area contributed by atoms with Crippen LogP contribution < -0.4 is 0 Å². The van der Waals surface area contributed by atoms with E-state index in [0.29, 0.717) is 0 Å². The van der Waals surface area contributed by atoms with Crippen LogP contribution in [0.15, 0.2) is 0 Å². The number of aliphatic hydroxyl groups is 2. The first-order valence-corrected chi connectivity index (χ1v) is 3.79. The Labute approximate surface area is 77.3 Å². The van der Waals surface area contributed by atoms with Gasteiger partial charge in [-0.1, -0.05) is 0 Å². The number of hydrogen-bond acceptors (Lipinski definition) is 5. The van der Waals surface area contributed by atoms with Gasteiger partial charge in [-0.2, -0.15) is 0 Å². The molecule has 5 nitrogen and oxygen atoms in total. The highest BCUT2D eigenvalue weighted by molar-refractivity contribution is 5.93. The molecule has 0 aliphatic heterocycles. The van der Waals surface area contributed by atoms with E-state index in [1.807, 2.05) is 0 Å². The van der Waals surface area contributed by atoms with Crippen molar-refractivity contribution in [2.24, 2.45) is 0 Å². The van der Waals surface area contributed by atoms with Crippen LogP contribution in [0.3, 0.4) is 0 Å². The molecule has 0 radical (unpaired) electrons. The maximum Gasteiger partial charge on any atom is 0.313 e. The molecule has 0 amide bonds. The fraction of sp³-hybridized carbons (Fsp3) is 0.750. The van der Waals surface area contributed by atoms with Crippen LogP contribution in [0.25, 0.3) is 0 Å². The summed E-state index contributed by atoms with van der Waals surface area (Å²) in [4.78, 5) is 20.3. The Balaban J connectivity index is 0. The van der Waals surface area contributed by atoms with Gasteiger partial charge in [0.1, 0.15) is 12.2 Å². The van der Waals surface area contributed by atoms with E-state index in [1.54, 1.807) is 0 Å². The topological polar surface area (TPSA) is 83.8 Å². The SMILES string of the molecule is CC(O)CO.COC(=O)CC(C)=O. The molecular formula is C8H16O5. The summed E-state index contributed by atoms with van der Waals surface area (Å²) in [5, 5.41) is 16.0. The Morgan fingerprint density at radius 1 is 1.46 bits per heavy atom. The molecule has 0 aliphatic rings. The van der Waals surface area contributed by atoms with Crippen LogP contribution in [0.2, 0.25) is 0 Å². The summed E-state index contributed by atoms with van der Waals surface area (Å²) in [5.74, 6) is -0.644. The summed E-state index contributed by atoms with van der Waals surface area (Å²) < 4.78 is 4.20. The molecule has 0 aromatic rings. The largest absolute Gasteiger partial charge is 0.469 e. The van der Waals surface area contributed by atoms with Crippen LogP contribution in [-0.2, 0) is 14.3 Å². The monoisotopic (exact) mass is 192 g/mol. The van der Waals surface area contributed by atoms with Crippen molar-refractivity contribution in [1.29, 1.82) is 0 Å². The number of hydrogen-bond donors (Lipinski definition) is 2. The molecule has 1 unspecified atom stereocenters. The molecule has 0 rings (SSSR count). The average molecular weight is 192 g/mol. The highest BCUT2D eigenvalue weighted by atomic mass is 16.5. The minimum Gasteiger partial charge on any atom is -0.469 e. The third-order valence-corrected chi connectivity index (χ3v) is 0.885. The molecule has 0 fully saturated rings. The van der Waals surface area contributed by atoms with Gasteiger partial charge in [-0.25, -0.2) is 0 Å². The van der Waals surface area contributed by atoms with Crippen LogP contribution in [-0.4, -0.2) is 41.8 Å². The maximum absolute atomic E-state index is 10.2. The summed E-state index contributed by atoms with van der Waals surface area (Å²) in [6, 6.07) is 0. The molecule has 13 heavy (non-hydrogen) atoms. The molecule has 0 aromatic carbocycles. The van der Waals surface area contributed by atoms with Crippen LogP contribution in [0.4, 0.5) is 0 Å². The highest BCUT2D eigenvalue weighted by Gasteiger charge is 2.01. The second-order valence-electron chi connectivity index (χ2n) is 2.49. The third-order valence-electron chi connectivity index (χ3n) is 0.885. The molecule has 0 aliphatic carbocycles. The van der Waals surface area contributed by atoms with Crippen molar-refractivity contribution in [3.63, 3.8) is 0 Å². The van der Waals surface area contributed by atoms with Gasteiger partial charge in [0, 0.05) is 0 Å². The Kier molecular flexibility index (Phi) is 10.3. The van der Waals surface area contributed by atoms with Gasteiger partial charge >= 0.3 is 5.97 Å². The fourth-order valence-electron chi connectivity index (χ4n) is 0.275. The van der Waals surface area contributed by atoms with Gasteiger partial charge in [0.25, 0.3) is 0 Å². The van der Waals surface area contributed by atoms with Crippen molar-refractivity contribution >= 4 is 11.8 Å². The van der Waals surface area contributed by atoms with Gasteiger partial charge < -0.3 is 14.9 Å². The van der Waals surface area contributed by atoms with Crippen LogP contribution >= 0.6 is 0 Å². The molecule has 0 saturated heterocycles. The van der Waals surface area contributed by atoms with Gasteiger partial charge in [0.2, 0.25) is 0 Å². The molecule has 0 spiro atoms. The van der Waals surface area contributed by atoms with E-state index >= 15 is 0 Å². The number of carbonyl (C=O) groups is 2. The molecule has 0 bridgehead atoms. The molecule has 0 aromatic heterocycles. The molecule has 2 N–H and O–H groups in total. The van der Waals surface area contributed by atoms with Crippen molar-refractivity contribution in [2.45, 2.75) is 26.4 Å². The zero-order chi connectivity index (χ0) is 10.9. The number of aliphatic hydroxyl groups excluding tert-OH is 2. The summed E-state index contributed by atoms with van der Waals surface area (Å²) in [6.07, 6.45) is -0.675. The van der Waals surface area contributed by atoms with E-state index in [0.717, 1.165) is 0 Å². The van der Waals surface area contributed by atoms with Crippen LogP contribution in [0, 0.1) is 0 Å².